The molecule has 9 heteroatoms. The Labute approximate surface area is 249 Å². The summed E-state index contributed by atoms with van der Waals surface area (Å²) in [6, 6.07) is 21.8. The number of nitrogens with one attached hydrogen (secondary N) is 1. The van der Waals surface area contributed by atoms with Crippen LogP contribution in [0.3, 0.4) is 0 Å². The Hall–Kier alpha value is -3.85. The first-order valence-corrected chi connectivity index (χ1v) is 16.0. The molecule has 0 aromatic heterocycles. The van der Waals surface area contributed by atoms with Crippen molar-refractivity contribution in [2.45, 2.75) is 75.9 Å². The van der Waals surface area contributed by atoms with Crippen molar-refractivity contribution in [2.24, 2.45) is 0 Å². The number of hydrogen-bond donors (Lipinski definition) is 1. The molecule has 1 atom stereocenters. The number of rotatable bonds is 12. The van der Waals surface area contributed by atoms with E-state index in [1.807, 2.05) is 38.1 Å². The maximum absolute atomic E-state index is 14.2. The molecular weight excluding hydrogens is 550 g/mol. The molecular formula is C33H41N3O5S. The Morgan fingerprint density at radius 2 is 1.64 bits per heavy atom. The lowest BCUT2D eigenvalue weighted by Crippen LogP contribution is -2.54. The second kappa shape index (κ2) is 14.4. The van der Waals surface area contributed by atoms with Gasteiger partial charge in [0.25, 0.3) is 10.0 Å². The molecule has 8 nitrogen and oxygen atoms in total. The van der Waals surface area contributed by atoms with Crippen molar-refractivity contribution in [3.8, 4) is 5.75 Å². The molecule has 0 bridgehead atoms. The van der Waals surface area contributed by atoms with E-state index in [9.17, 15) is 18.0 Å². The highest BCUT2D eigenvalue weighted by Gasteiger charge is 2.34. The third kappa shape index (κ3) is 7.70. The number of para-hydroxylation sites is 1. The highest BCUT2D eigenvalue weighted by Crippen LogP contribution is 2.26. The van der Waals surface area contributed by atoms with Crippen LogP contribution in [0.25, 0.3) is 0 Å². The molecule has 4 rings (SSSR count). The van der Waals surface area contributed by atoms with Gasteiger partial charge < -0.3 is 15.0 Å². The van der Waals surface area contributed by atoms with Crippen LogP contribution < -0.4 is 14.4 Å². The summed E-state index contributed by atoms with van der Waals surface area (Å²) in [5.41, 5.74) is 2.26. The molecule has 3 aromatic rings. The van der Waals surface area contributed by atoms with Crippen LogP contribution in [0.2, 0.25) is 0 Å². The van der Waals surface area contributed by atoms with E-state index in [0.29, 0.717) is 17.9 Å². The number of methoxy groups -OCH3 is 1. The van der Waals surface area contributed by atoms with Crippen molar-refractivity contribution in [3.05, 3.63) is 90.0 Å². The third-order valence-electron chi connectivity index (χ3n) is 7.74. The molecule has 3 aromatic carbocycles. The Balaban J connectivity index is 1.68. The second-order valence-electron chi connectivity index (χ2n) is 10.8. The highest BCUT2D eigenvalue weighted by molar-refractivity contribution is 7.92. The van der Waals surface area contributed by atoms with Gasteiger partial charge in [-0.1, -0.05) is 74.2 Å². The molecule has 1 saturated carbocycles. The zero-order valence-corrected chi connectivity index (χ0v) is 25.5. The zero-order chi connectivity index (χ0) is 30.1. The van der Waals surface area contributed by atoms with Crippen molar-refractivity contribution in [2.75, 3.05) is 18.0 Å². The summed E-state index contributed by atoms with van der Waals surface area (Å²) >= 11 is 0. The van der Waals surface area contributed by atoms with Gasteiger partial charge in [-0.25, -0.2) is 8.42 Å². The minimum atomic E-state index is -4.13. The van der Waals surface area contributed by atoms with Gasteiger partial charge in [0.05, 0.1) is 17.7 Å². The van der Waals surface area contributed by atoms with Gasteiger partial charge >= 0.3 is 0 Å². The van der Waals surface area contributed by atoms with E-state index in [1.54, 1.807) is 42.5 Å². The summed E-state index contributed by atoms with van der Waals surface area (Å²) in [6.45, 7) is 3.58. The molecule has 1 fully saturated rings. The summed E-state index contributed by atoms with van der Waals surface area (Å²) in [5, 5.41) is 3.18. The zero-order valence-electron chi connectivity index (χ0n) is 24.7. The summed E-state index contributed by atoms with van der Waals surface area (Å²) in [4.78, 5) is 29.4. The molecule has 224 valence electrons. The molecule has 0 unspecified atom stereocenters. The van der Waals surface area contributed by atoms with Gasteiger partial charge in [-0.3, -0.25) is 13.9 Å². The van der Waals surface area contributed by atoms with Gasteiger partial charge in [0, 0.05) is 12.6 Å². The maximum atomic E-state index is 14.2. The average Bonchev–Trinajstić information content (AvgIpc) is 3.00. The summed E-state index contributed by atoms with van der Waals surface area (Å²) in [7, 11) is -2.62. The fourth-order valence-corrected chi connectivity index (χ4v) is 6.88. The standard InChI is InChI=1S/C33H41N3O5S/c1-4-31(33(38)34-27-14-7-5-8-15-27)35(23-26-13-11-12-25(2)22-26)32(37)24-36(28-16-9-6-10-17-28)42(39,40)30-20-18-29(41-3)19-21-30/h6,9-13,16-22,27,31H,4-5,7-8,14-15,23-24H2,1-3H3,(H,34,38)/t31-/m1/s1. The van der Waals surface area contributed by atoms with Crippen molar-refractivity contribution in [1.29, 1.82) is 0 Å². The fraction of sp³-hybridized carbons (Fsp3) is 0.394. The monoisotopic (exact) mass is 591 g/mol. The lowest BCUT2D eigenvalue weighted by atomic mass is 9.95. The Bertz CT molecular complexity index is 1440. The van der Waals surface area contributed by atoms with E-state index in [1.165, 1.54) is 30.6 Å². The number of ether oxygens (including phenoxy) is 1. The number of carbonyl (C=O) groups excluding carboxylic acids is 2. The third-order valence-corrected chi connectivity index (χ3v) is 9.53. The number of nitrogens with zero attached hydrogens (tertiary/aromatic N) is 2. The largest absolute Gasteiger partial charge is 0.497 e. The highest BCUT2D eigenvalue weighted by atomic mass is 32.2. The van der Waals surface area contributed by atoms with Crippen LogP contribution >= 0.6 is 0 Å². The molecule has 42 heavy (non-hydrogen) atoms. The summed E-state index contributed by atoms with van der Waals surface area (Å²) < 4.78 is 34.2. The van der Waals surface area contributed by atoms with Crippen LogP contribution in [-0.4, -0.2) is 50.9 Å². The first kappa shape index (κ1) is 31.1. The molecule has 1 aliphatic carbocycles. The van der Waals surface area contributed by atoms with E-state index in [4.69, 9.17) is 4.74 Å². The number of amides is 2. The fourth-order valence-electron chi connectivity index (χ4n) is 5.47. The maximum Gasteiger partial charge on any atom is 0.264 e. The summed E-state index contributed by atoms with van der Waals surface area (Å²) in [5.74, 6) is -0.131. The first-order valence-electron chi connectivity index (χ1n) is 14.6. The number of aryl methyl sites for hydroxylation is 1. The van der Waals surface area contributed by atoms with Crippen LogP contribution in [0, 0.1) is 6.92 Å². The van der Waals surface area contributed by atoms with E-state index < -0.39 is 28.5 Å². The smallest absolute Gasteiger partial charge is 0.264 e. The van der Waals surface area contributed by atoms with E-state index in [2.05, 4.69) is 5.32 Å². The molecule has 0 spiro atoms. The lowest BCUT2D eigenvalue weighted by Gasteiger charge is -2.34. The number of carbonyl (C=O) groups is 2. The van der Waals surface area contributed by atoms with E-state index in [-0.39, 0.29) is 23.4 Å². The van der Waals surface area contributed by atoms with Gasteiger partial charge in [0.2, 0.25) is 11.8 Å². The predicted octanol–water partition coefficient (Wildman–Crippen LogP) is 5.46. The second-order valence-corrected chi connectivity index (χ2v) is 12.7. The normalized spacial score (nSPS) is 14.5. The number of anilines is 1. The molecule has 2 amide bonds. The van der Waals surface area contributed by atoms with Crippen molar-refractivity contribution < 1.29 is 22.7 Å². The quantitative estimate of drug-likeness (QED) is 0.302. The van der Waals surface area contributed by atoms with Crippen LogP contribution in [0.1, 0.15) is 56.6 Å². The minimum absolute atomic E-state index is 0.0345. The van der Waals surface area contributed by atoms with Crippen molar-refractivity contribution >= 4 is 27.5 Å². The lowest BCUT2D eigenvalue weighted by molar-refractivity contribution is -0.140. The van der Waals surface area contributed by atoms with Crippen LogP contribution in [0.4, 0.5) is 5.69 Å². The van der Waals surface area contributed by atoms with E-state index >= 15 is 0 Å². The first-order chi connectivity index (χ1) is 20.2. The Morgan fingerprint density at radius 1 is 0.952 bits per heavy atom. The molecule has 1 N–H and O–H groups in total. The number of hydrogen-bond acceptors (Lipinski definition) is 5. The molecule has 0 aliphatic heterocycles. The SMILES string of the molecule is CC[C@H](C(=O)NC1CCCCC1)N(Cc1cccc(C)c1)C(=O)CN(c1ccccc1)S(=O)(=O)c1ccc(OC)cc1. The number of benzene rings is 3. The average molecular weight is 592 g/mol. The molecule has 0 saturated heterocycles. The van der Waals surface area contributed by atoms with Crippen molar-refractivity contribution in [3.63, 3.8) is 0 Å². The summed E-state index contributed by atoms with van der Waals surface area (Å²) in [6.07, 6.45) is 5.56. The minimum Gasteiger partial charge on any atom is -0.497 e. The van der Waals surface area contributed by atoms with E-state index in [0.717, 1.165) is 41.1 Å². The van der Waals surface area contributed by atoms with Gasteiger partial charge in [0.1, 0.15) is 18.3 Å². The Morgan fingerprint density at radius 3 is 2.26 bits per heavy atom. The Kier molecular flexibility index (Phi) is 10.6. The van der Waals surface area contributed by atoms with Crippen LogP contribution in [0.15, 0.2) is 83.8 Å². The predicted molar refractivity (Wildman–Crippen MR) is 165 cm³/mol. The van der Waals surface area contributed by atoms with Gasteiger partial charge in [-0.15, -0.1) is 0 Å². The molecule has 0 radical (unpaired) electrons. The molecule has 1 aliphatic rings. The van der Waals surface area contributed by atoms with Crippen LogP contribution in [-0.2, 0) is 26.2 Å². The van der Waals surface area contributed by atoms with Gasteiger partial charge in [-0.2, -0.15) is 0 Å². The topological polar surface area (TPSA) is 96.0 Å². The van der Waals surface area contributed by atoms with Crippen molar-refractivity contribution in [1.82, 2.24) is 10.2 Å². The van der Waals surface area contributed by atoms with Crippen LogP contribution in [0.5, 0.6) is 5.75 Å². The van der Waals surface area contributed by atoms with Gasteiger partial charge in [-0.05, 0) is 68.1 Å². The number of sulfonamides is 1. The molecule has 0 heterocycles. The van der Waals surface area contributed by atoms with Gasteiger partial charge in [0.15, 0.2) is 0 Å².